The molecule has 0 aliphatic heterocycles. The molecule has 21 heavy (non-hydrogen) atoms. The zero-order chi connectivity index (χ0) is 15.2. The van der Waals surface area contributed by atoms with Gasteiger partial charge in [0.1, 0.15) is 12.4 Å². The lowest BCUT2D eigenvalue weighted by Gasteiger charge is -2.08. The zero-order valence-electron chi connectivity index (χ0n) is 10.9. The van der Waals surface area contributed by atoms with Crippen LogP contribution in [0.4, 0.5) is 13.2 Å². The van der Waals surface area contributed by atoms with Crippen molar-refractivity contribution < 1.29 is 22.7 Å². The number of benzene rings is 2. The van der Waals surface area contributed by atoms with Crippen LogP contribution in [0.3, 0.4) is 0 Å². The maximum atomic E-state index is 13.4. The number of amides is 1. The number of nitrogens with one attached hydrogen (secondary N) is 1. The number of carbonyl (C=O) groups is 1. The first-order valence-electron chi connectivity index (χ1n) is 6.19. The number of rotatable bonds is 5. The lowest BCUT2D eigenvalue weighted by atomic mass is 10.2. The summed E-state index contributed by atoms with van der Waals surface area (Å²) in [7, 11) is 0. The first kappa shape index (κ1) is 14.9. The van der Waals surface area contributed by atoms with Gasteiger partial charge in [-0.15, -0.1) is 0 Å². The van der Waals surface area contributed by atoms with Crippen LogP contribution in [-0.4, -0.2) is 19.1 Å². The molecule has 0 atom stereocenters. The maximum Gasteiger partial charge on any atom is 0.254 e. The van der Waals surface area contributed by atoms with Crippen molar-refractivity contribution in [3.05, 3.63) is 65.5 Å². The third-order valence-electron chi connectivity index (χ3n) is 2.68. The molecule has 0 heterocycles. The predicted molar refractivity (Wildman–Crippen MR) is 70.6 cm³/mol. The summed E-state index contributed by atoms with van der Waals surface area (Å²) < 4.78 is 44.5. The molecular formula is C15H12F3NO2. The minimum Gasteiger partial charge on any atom is -0.492 e. The first-order valence-corrected chi connectivity index (χ1v) is 6.19. The highest BCUT2D eigenvalue weighted by molar-refractivity contribution is 5.94. The van der Waals surface area contributed by atoms with E-state index >= 15 is 0 Å². The van der Waals surface area contributed by atoms with Crippen molar-refractivity contribution >= 4 is 5.91 Å². The molecule has 1 amide bonds. The highest BCUT2D eigenvalue weighted by Gasteiger charge is 2.18. The van der Waals surface area contributed by atoms with Crippen LogP contribution >= 0.6 is 0 Å². The third kappa shape index (κ3) is 3.75. The summed E-state index contributed by atoms with van der Waals surface area (Å²) in [5.74, 6) is -4.70. The molecule has 0 radical (unpaired) electrons. The fourth-order valence-corrected chi connectivity index (χ4v) is 1.65. The van der Waals surface area contributed by atoms with Crippen LogP contribution in [0.2, 0.25) is 0 Å². The smallest absolute Gasteiger partial charge is 0.254 e. The summed E-state index contributed by atoms with van der Waals surface area (Å²) in [5, 5.41) is 2.36. The first-order chi connectivity index (χ1) is 10.1. The molecule has 0 unspecified atom stereocenters. The van der Waals surface area contributed by atoms with Gasteiger partial charge in [-0.2, -0.15) is 0 Å². The van der Waals surface area contributed by atoms with Gasteiger partial charge in [-0.05, 0) is 24.3 Å². The van der Waals surface area contributed by atoms with E-state index in [1.54, 1.807) is 24.3 Å². The molecule has 0 aromatic heterocycles. The Bertz CT molecular complexity index is 632. The Morgan fingerprint density at radius 1 is 1.00 bits per heavy atom. The molecule has 0 aliphatic rings. The number of carbonyl (C=O) groups excluding carboxylic acids is 1. The normalized spacial score (nSPS) is 10.2. The van der Waals surface area contributed by atoms with E-state index < -0.39 is 28.9 Å². The monoisotopic (exact) mass is 295 g/mol. The van der Waals surface area contributed by atoms with Crippen molar-refractivity contribution in [1.82, 2.24) is 5.32 Å². The van der Waals surface area contributed by atoms with Crippen LogP contribution < -0.4 is 10.1 Å². The Hall–Kier alpha value is -2.50. The van der Waals surface area contributed by atoms with Crippen LogP contribution in [0.15, 0.2) is 42.5 Å². The molecule has 0 fully saturated rings. The van der Waals surface area contributed by atoms with Crippen molar-refractivity contribution in [2.75, 3.05) is 13.2 Å². The van der Waals surface area contributed by atoms with Crippen LogP contribution in [0.25, 0.3) is 0 Å². The maximum absolute atomic E-state index is 13.4. The largest absolute Gasteiger partial charge is 0.492 e. The summed E-state index contributed by atoms with van der Waals surface area (Å²) in [6.07, 6.45) is 0. The molecular weight excluding hydrogens is 283 g/mol. The van der Waals surface area contributed by atoms with Crippen molar-refractivity contribution in [3.8, 4) is 5.75 Å². The van der Waals surface area contributed by atoms with E-state index in [-0.39, 0.29) is 13.2 Å². The molecule has 3 nitrogen and oxygen atoms in total. The number of ether oxygens (including phenoxy) is 1. The predicted octanol–water partition coefficient (Wildman–Crippen LogP) is 2.91. The minimum absolute atomic E-state index is 0.103. The van der Waals surface area contributed by atoms with Crippen molar-refractivity contribution in [2.24, 2.45) is 0 Å². The van der Waals surface area contributed by atoms with Crippen LogP contribution in [0.5, 0.6) is 5.75 Å². The van der Waals surface area contributed by atoms with Gasteiger partial charge in [0, 0.05) is 0 Å². The number of halogens is 3. The molecule has 0 saturated heterocycles. The molecule has 0 spiro atoms. The molecule has 0 saturated carbocycles. The van der Waals surface area contributed by atoms with E-state index in [2.05, 4.69) is 5.32 Å². The Morgan fingerprint density at radius 3 is 2.43 bits per heavy atom. The average Bonchev–Trinajstić information content (AvgIpc) is 2.50. The highest BCUT2D eigenvalue weighted by Crippen LogP contribution is 2.15. The second kappa shape index (κ2) is 6.78. The lowest BCUT2D eigenvalue weighted by Crippen LogP contribution is -2.29. The molecule has 1 N–H and O–H groups in total. The number of hydrogen-bond donors (Lipinski definition) is 1. The van der Waals surface area contributed by atoms with Gasteiger partial charge in [0.2, 0.25) is 0 Å². The van der Waals surface area contributed by atoms with Gasteiger partial charge in [-0.25, -0.2) is 13.2 Å². The standard InChI is InChI=1S/C15H12F3NO2/c16-12-7-6-11(13(17)14(12)18)15(20)19-8-9-21-10-4-2-1-3-5-10/h1-7H,8-9H2,(H,19,20). The lowest BCUT2D eigenvalue weighted by molar-refractivity contribution is 0.0941. The Morgan fingerprint density at radius 2 is 1.71 bits per heavy atom. The van der Waals surface area contributed by atoms with Gasteiger partial charge in [0.25, 0.3) is 5.91 Å². The topological polar surface area (TPSA) is 38.3 Å². The summed E-state index contributed by atoms with van der Waals surface area (Å²) in [4.78, 5) is 11.6. The van der Waals surface area contributed by atoms with Crippen LogP contribution in [0, 0.1) is 17.5 Å². The van der Waals surface area contributed by atoms with E-state index in [4.69, 9.17) is 4.74 Å². The second-order valence-electron chi connectivity index (χ2n) is 4.14. The van der Waals surface area contributed by atoms with E-state index in [1.807, 2.05) is 6.07 Å². The summed E-state index contributed by atoms with van der Waals surface area (Å²) in [5.41, 5.74) is -0.548. The second-order valence-corrected chi connectivity index (χ2v) is 4.14. The van der Waals surface area contributed by atoms with Gasteiger partial charge in [-0.1, -0.05) is 18.2 Å². The van der Waals surface area contributed by atoms with Gasteiger partial charge in [0.15, 0.2) is 17.5 Å². The molecule has 2 rings (SSSR count). The highest BCUT2D eigenvalue weighted by atomic mass is 19.2. The number of para-hydroxylation sites is 1. The van der Waals surface area contributed by atoms with Crippen LogP contribution in [0.1, 0.15) is 10.4 Å². The van der Waals surface area contributed by atoms with Crippen molar-refractivity contribution in [2.45, 2.75) is 0 Å². The molecule has 6 heteroatoms. The summed E-state index contributed by atoms with van der Waals surface area (Å²) in [6.45, 7) is 0.271. The molecule has 0 aliphatic carbocycles. The van der Waals surface area contributed by atoms with Gasteiger partial charge >= 0.3 is 0 Å². The van der Waals surface area contributed by atoms with Crippen molar-refractivity contribution in [3.63, 3.8) is 0 Å². The molecule has 110 valence electrons. The minimum atomic E-state index is -1.66. The Labute approximate surface area is 119 Å². The fraction of sp³-hybridized carbons (Fsp3) is 0.133. The quantitative estimate of drug-likeness (QED) is 0.680. The SMILES string of the molecule is O=C(NCCOc1ccccc1)c1ccc(F)c(F)c1F. The molecule has 0 bridgehead atoms. The number of hydrogen-bond acceptors (Lipinski definition) is 2. The van der Waals surface area contributed by atoms with Gasteiger partial charge in [0.05, 0.1) is 12.1 Å². The van der Waals surface area contributed by atoms with Crippen molar-refractivity contribution in [1.29, 1.82) is 0 Å². The fourth-order valence-electron chi connectivity index (χ4n) is 1.65. The van der Waals surface area contributed by atoms with E-state index in [0.29, 0.717) is 11.8 Å². The van der Waals surface area contributed by atoms with Crippen LogP contribution in [-0.2, 0) is 0 Å². The summed E-state index contributed by atoms with van der Waals surface area (Å²) in [6, 6.07) is 10.5. The third-order valence-corrected chi connectivity index (χ3v) is 2.68. The van der Waals surface area contributed by atoms with Gasteiger partial charge < -0.3 is 10.1 Å². The summed E-state index contributed by atoms with van der Waals surface area (Å²) >= 11 is 0. The van der Waals surface area contributed by atoms with Gasteiger partial charge in [-0.3, -0.25) is 4.79 Å². The molecule has 2 aromatic rings. The molecule has 2 aromatic carbocycles. The Kier molecular flexibility index (Phi) is 4.81. The van der Waals surface area contributed by atoms with E-state index in [9.17, 15) is 18.0 Å². The van der Waals surface area contributed by atoms with E-state index in [1.165, 1.54) is 0 Å². The zero-order valence-corrected chi connectivity index (χ0v) is 10.9. The van der Waals surface area contributed by atoms with E-state index in [0.717, 1.165) is 6.07 Å². The average molecular weight is 295 g/mol. The Balaban J connectivity index is 1.87.